The van der Waals surface area contributed by atoms with Crippen molar-refractivity contribution in [1.29, 1.82) is 0 Å². The van der Waals surface area contributed by atoms with Gasteiger partial charge >= 0.3 is 0 Å². The van der Waals surface area contributed by atoms with Crippen LogP contribution in [-0.2, 0) is 0 Å². The molecule has 0 aromatic carbocycles. The predicted octanol–water partition coefficient (Wildman–Crippen LogP) is 0.508. The summed E-state index contributed by atoms with van der Waals surface area (Å²) in [5.74, 6) is 0. The average molecular weight is 187 g/mol. The first-order valence-electron chi connectivity index (χ1n) is 5.06. The summed E-state index contributed by atoms with van der Waals surface area (Å²) < 4.78 is 0. The summed E-state index contributed by atoms with van der Waals surface area (Å²) >= 11 is 0. The van der Waals surface area contributed by atoms with Gasteiger partial charge in [0.2, 0.25) is 0 Å². The van der Waals surface area contributed by atoms with E-state index in [0.29, 0.717) is 18.0 Å². The molecule has 3 nitrogen and oxygen atoms in total. The van der Waals surface area contributed by atoms with Crippen LogP contribution in [0.15, 0.2) is 0 Å². The Morgan fingerprint density at radius 1 is 1.54 bits per heavy atom. The van der Waals surface area contributed by atoms with Crippen molar-refractivity contribution >= 4 is 0 Å². The minimum absolute atomic E-state index is 0.150. The summed E-state index contributed by atoms with van der Waals surface area (Å²) in [4.78, 5) is 0. The first kappa shape index (κ1) is 11.0. The van der Waals surface area contributed by atoms with Crippen molar-refractivity contribution < 1.29 is 10.2 Å². The molecule has 3 N–H and O–H groups in total. The molecule has 0 saturated heterocycles. The second-order valence-electron chi connectivity index (χ2n) is 4.85. The Hall–Kier alpha value is -0.120. The first-order valence-corrected chi connectivity index (χ1v) is 5.06. The molecule has 1 fully saturated rings. The molecule has 2 atom stereocenters. The Morgan fingerprint density at radius 3 is 2.69 bits per heavy atom. The van der Waals surface area contributed by atoms with Gasteiger partial charge < -0.3 is 15.5 Å². The Balaban J connectivity index is 2.17. The summed E-state index contributed by atoms with van der Waals surface area (Å²) in [5.41, 5.74) is 0.446. The van der Waals surface area contributed by atoms with E-state index in [2.05, 4.69) is 19.2 Å². The highest BCUT2D eigenvalue weighted by molar-refractivity contribution is 4.86. The molecule has 13 heavy (non-hydrogen) atoms. The summed E-state index contributed by atoms with van der Waals surface area (Å²) in [7, 11) is 0. The van der Waals surface area contributed by atoms with Crippen molar-refractivity contribution in [3.8, 4) is 0 Å². The van der Waals surface area contributed by atoms with E-state index in [0.717, 1.165) is 0 Å². The highest BCUT2D eigenvalue weighted by Crippen LogP contribution is 2.36. The van der Waals surface area contributed by atoms with Gasteiger partial charge in [-0.3, -0.25) is 0 Å². The van der Waals surface area contributed by atoms with Crippen LogP contribution in [0, 0.1) is 5.41 Å². The van der Waals surface area contributed by atoms with Gasteiger partial charge in [0.1, 0.15) is 0 Å². The Bertz CT molecular complexity index is 159. The number of rotatable bonds is 4. The molecule has 1 saturated carbocycles. The smallest absolute Gasteiger partial charge is 0.0895 e. The lowest BCUT2D eigenvalue weighted by Gasteiger charge is -2.18. The molecule has 0 aromatic heterocycles. The van der Waals surface area contributed by atoms with Crippen LogP contribution >= 0.6 is 0 Å². The molecule has 3 heteroatoms. The number of aliphatic hydroxyl groups is 2. The molecule has 0 aliphatic heterocycles. The first-order chi connectivity index (χ1) is 6.03. The lowest BCUT2D eigenvalue weighted by Crippen LogP contribution is -2.36. The predicted molar refractivity (Wildman–Crippen MR) is 52.5 cm³/mol. The summed E-state index contributed by atoms with van der Waals surface area (Å²) in [5, 5.41) is 21.0. The van der Waals surface area contributed by atoms with Gasteiger partial charge in [-0.15, -0.1) is 0 Å². The maximum atomic E-state index is 9.14. The van der Waals surface area contributed by atoms with Gasteiger partial charge in [0, 0.05) is 12.6 Å². The number of aliphatic hydroxyl groups excluding tert-OH is 2. The fourth-order valence-corrected chi connectivity index (χ4v) is 1.98. The summed E-state index contributed by atoms with van der Waals surface area (Å²) in [6.07, 6.45) is 3.00. The third-order valence-corrected chi connectivity index (χ3v) is 2.82. The molecule has 1 rings (SSSR count). The van der Waals surface area contributed by atoms with Crippen LogP contribution in [0.4, 0.5) is 0 Å². The lowest BCUT2D eigenvalue weighted by atomic mass is 9.92. The highest BCUT2D eigenvalue weighted by atomic mass is 16.3. The van der Waals surface area contributed by atoms with E-state index < -0.39 is 6.10 Å². The van der Waals surface area contributed by atoms with Crippen LogP contribution in [-0.4, -0.2) is 35.5 Å². The van der Waals surface area contributed by atoms with Gasteiger partial charge in [0.05, 0.1) is 12.7 Å². The van der Waals surface area contributed by atoms with Crippen molar-refractivity contribution in [2.24, 2.45) is 5.41 Å². The third kappa shape index (κ3) is 3.63. The normalized spacial score (nSPS) is 29.1. The van der Waals surface area contributed by atoms with Crippen LogP contribution < -0.4 is 5.32 Å². The maximum Gasteiger partial charge on any atom is 0.0895 e. The van der Waals surface area contributed by atoms with E-state index in [1.54, 1.807) is 0 Å². The molecule has 0 heterocycles. The fourth-order valence-electron chi connectivity index (χ4n) is 1.98. The molecular formula is C10H21NO2. The molecule has 1 aliphatic carbocycles. The molecule has 0 bridgehead atoms. The SMILES string of the molecule is CC1(C)CCC(NC[C@H](O)CO)C1. The molecule has 0 spiro atoms. The van der Waals surface area contributed by atoms with Crippen LogP contribution in [0.1, 0.15) is 33.1 Å². The zero-order valence-electron chi connectivity index (χ0n) is 8.58. The highest BCUT2D eigenvalue weighted by Gasteiger charge is 2.30. The molecule has 1 unspecified atom stereocenters. The van der Waals surface area contributed by atoms with Crippen molar-refractivity contribution in [2.75, 3.05) is 13.2 Å². The molecule has 0 aromatic rings. The fraction of sp³-hybridized carbons (Fsp3) is 1.00. The van der Waals surface area contributed by atoms with Crippen LogP contribution in [0.25, 0.3) is 0 Å². The van der Waals surface area contributed by atoms with E-state index in [1.165, 1.54) is 19.3 Å². The molecule has 0 amide bonds. The standard InChI is InChI=1S/C10H21NO2/c1-10(2)4-3-8(5-10)11-6-9(13)7-12/h8-9,11-13H,3-7H2,1-2H3/t8?,9-/m0/s1. The van der Waals surface area contributed by atoms with Gasteiger partial charge in [-0.05, 0) is 24.7 Å². The minimum atomic E-state index is -0.608. The number of nitrogens with one attached hydrogen (secondary N) is 1. The summed E-state index contributed by atoms with van der Waals surface area (Å²) in [6, 6.07) is 0.524. The van der Waals surface area contributed by atoms with Gasteiger partial charge in [0.15, 0.2) is 0 Å². The van der Waals surface area contributed by atoms with Crippen molar-refractivity contribution in [3.05, 3.63) is 0 Å². The van der Waals surface area contributed by atoms with E-state index in [4.69, 9.17) is 10.2 Å². The van der Waals surface area contributed by atoms with E-state index in [1.807, 2.05) is 0 Å². The van der Waals surface area contributed by atoms with Crippen molar-refractivity contribution in [1.82, 2.24) is 5.32 Å². The van der Waals surface area contributed by atoms with Crippen molar-refractivity contribution in [3.63, 3.8) is 0 Å². The second-order valence-corrected chi connectivity index (χ2v) is 4.85. The van der Waals surface area contributed by atoms with E-state index in [-0.39, 0.29) is 6.61 Å². The monoisotopic (exact) mass is 187 g/mol. The lowest BCUT2D eigenvalue weighted by molar-refractivity contribution is 0.0917. The van der Waals surface area contributed by atoms with E-state index in [9.17, 15) is 0 Å². The molecule has 78 valence electrons. The van der Waals surface area contributed by atoms with Gasteiger partial charge in [-0.25, -0.2) is 0 Å². The largest absolute Gasteiger partial charge is 0.394 e. The zero-order valence-corrected chi connectivity index (χ0v) is 8.58. The third-order valence-electron chi connectivity index (χ3n) is 2.82. The van der Waals surface area contributed by atoms with Gasteiger partial charge in [-0.2, -0.15) is 0 Å². The Labute approximate surface area is 80.2 Å². The Kier molecular flexibility index (Phi) is 3.71. The zero-order chi connectivity index (χ0) is 9.90. The average Bonchev–Trinajstić information content (AvgIpc) is 2.41. The number of hydrogen-bond acceptors (Lipinski definition) is 3. The Morgan fingerprint density at radius 2 is 2.23 bits per heavy atom. The number of hydrogen-bond donors (Lipinski definition) is 3. The minimum Gasteiger partial charge on any atom is -0.394 e. The van der Waals surface area contributed by atoms with Crippen LogP contribution in [0.3, 0.4) is 0 Å². The van der Waals surface area contributed by atoms with Crippen LogP contribution in [0.2, 0.25) is 0 Å². The van der Waals surface area contributed by atoms with Crippen molar-refractivity contribution in [2.45, 2.75) is 45.3 Å². The van der Waals surface area contributed by atoms with Gasteiger partial charge in [0.25, 0.3) is 0 Å². The van der Waals surface area contributed by atoms with E-state index >= 15 is 0 Å². The quantitative estimate of drug-likeness (QED) is 0.601. The maximum absolute atomic E-state index is 9.14. The summed E-state index contributed by atoms with van der Waals surface area (Å²) in [6.45, 7) is 4.91. The molecule has 0 radical (unpaired) electrons. The van der Waals surface area contributed by atoms with Crippen LogP contribution in [0.5, 0.6) is 0 Å². The van der Waals surface area contributed by atoms with Gasteiger partial charge in [-0.1, -0.05) is 13.8 Å². The molecule has 1 aliphatic rings. The topological polar surface area (TPSA) is 52.5 Å². The molecular weight excluding hydrogens is 166 g/mol. The second kappa shape index (κ2) is 4.40.